The van der Waals surface area contributed by atoms with Crippen LogP contribution < -0.4 is 4.74 Å². The zero-order chi connectivity index (χ0) is 22.9. The second kappa shape index (κ2) is 8.54. The number of carbonyl (C=O) groups excluding carboxylic acids is 2. The number of aliphatic hydroxyl groups excluding tert-OH is 1. The van der Waals surface area contributed by atoms with E-state index in [4.69, 9.17) is 4.74 Å². The van der Waals surface area contributed by atoms with E-state index in [9.17, 15) is 14.7 Å². The van der Waals surface area contributed by atoms with Crippen molar-refractivity contribution >= 4 is 17.4 Å². The summed E-state index contributed by atoms with van der Waals surface area (Å²) in [4.78, 5) is 35.9. The second-order valence-corrected chi connectivity index (χ2v) is 8.39. The van der Waals surface area contributed by atoms with Crippen molar-refractivity contribution in [2.75, 3.05) is 6.54 Å². The van der Waals surface area contributed by atoms with Crippen molar-refractivity contribution in [1.82, 2.24) is 19.4 Å². The smallest absolute Gasteiger partial charge is 0.295 e. The lowest BCUT2D eigenvalue weighted by Crippen LogP contribution is -2.31. The highest BCUT2D eigenvalue weighted by atomic mass is 16.5. The van der Waals surface area contributed by atoms with Gasteiger partial charge in [-0.25, -0.2) is 4.98 Å². The van der Waals surface area contributed by atoms with Gasteiger partial charge in [0.05, 0.1) is 17.9 Å². The highest BCUT2D eigenvalue weighted by Crippen LogP contribution is 2.40. The molecule has 1 amide bonds. The van der Waals surface area contributed by atoms with Crippen LogP contribution in [0.2, 0.25) is 0 Å². The van der Waals surface area contributed by atoms with E-state index in [0.29, 0.717) is 30.6 Å². The number of fused-ring (bicyclic) bond motifs is 1. The summed E-state index contributed by atoms with van der Waals surface area (Å²) >= 11 is 0. The van der Waals surface area contributed by atoms with Crippen LogP contribution in [0.1, 0.15) is 36.1 Å². The van der Waals surface area contributed by atoms with Gasteiger partial charge in [-0.1, -0.05) is 6.07 Å². The zero-order valence-corrected chi connectivity index (χ0v) is 18.2. The molecule has 8 heteroatoms. The maximum atomic E-state index is 13.1. The largest absolute Gasteiger partial charge is 0.507 e. The summed E-state index contributed by atoms with van der Waals surface area (Å²) in [5.74, 6) is -0.701. The Morgan fingerprint density at radius 3 is 2.82 bits per heavy atom. The molecule has 0 aliphatic carbocycles. The number of amides is 1. The average Bonchev–Trinajstić information content (AvgIpc) is 3.53. The van der Waals surface area contributed by atoms with Crippen LogP contribution in [0.3, 0.4) is 0 Å². The van der Waals surface area contributed by atoms with Gasteiger partial charge in [0.1, 0.15) is 17.6 Å². The van der Waals surface area contributed by atoms with Gasteiger partial charge in [0.25, 0.3) is 11.7 Å². The number of carbonyl (C=O) groups is 2. The zero-order valence-electron chi connectivity index (χ0n) is 18.2. The minimum Gasteiger partial charge on any atom is -0.507 e. The van der Waals surface area contributed by atoms with Gasteiger partial charge in [-0.05, 0) is 48.7 Å². The number of hydrogen-bond acceptors (Lipinski definition) is 6. The van der Waals surface area contributed by atoms with Crippen LogP contribution in [0, 0.1) is 0 Å². The Balaban J connectivity index is 1.51. The normalized spacial score (nSPS) is 21.3. The fourth-order valence-corrected chi connectivity index (χ4v) is 4.56. The summed E-state index contributed by atoms with van der Waals surface area (Å²) in [7, 11) is 0. The first-order valence-corrected chi connectivity index (χ1v) is 11.0. The van der Waals surface area contributed by atoms with Gasteiger partial charge in [0.2, 0.25) is 0 Å². The number of Topliss-reactive ketones (excluding diaryl/α,β-unsaturated/α-hetero) is 1. The Kier molecular flexibility index (Phi) is 5.42. The van der Waals surface area contributed by atoms with Crippen molar-refractivity contribution in [3.05, 3.63) is 83.7 Å². The topological polar surface area (TPSA) is 97.6 Å². The molecule has 0 bridgehead atoms. The molecule has 2 atom stereocenters. The van der Waals surface area contributed by atoms with Crippen LogP contribution in [0.4, 0.5) is 0 Å². The van der Waals surface area contributed by atoms with Gasteiger partial charge in [-0.15, -0.1) is 0 Å². The van der Waals surface area contributed by atoms with Crippen molar-refractivity contribution in [2.45, 2.75) is 38.5 Å². The fourth-order valence-electron chi connectivity index (χ4n) is 4.56. The van der Waals surface area contributed by atoms with E-state index in [2.05, 4.69) is 9.97 Å². The third-order valence-corrected chi connectivity index (χ3v) is 6.08. The average molecular weight is 444 g/mol. The predicted octanol–water partition coefficient (Wildman–Crippen LogP) is 3.11. The highest BCUT2D eigenvalue weighted by Gasteiger charge is 2.46. The quantitative estimate of drug-likeness (QED) is 0.356. The molecule has 168 valence electrons. The van der Waals surface area contributed by atoms with Crippen molar-refractivity contribution < 1.29 is 19.4 Å². The standard InChI is InChI=1S/C25H24N4O4/c1-16-12-19-13-17(5-6-20(19)33-16)23(30)21-22(18-4-2-7-26-14-18)29(25(32)24(21)31)10-3-9-28-11-8-27-15-28/h2,4-8,11,13-16,22,30H,3,9-10,12H2,1H3/b23-21+/t16-,22-/m0/s1. The molecule has 0 radical (unpaired) electrons. The van der Waals surface area contributed by atoms with Gasteiger partial charge in [-0.3, -0.25) is 14.6 Å². The summed E-state index contributed by atoms with van der Waals surface area (Å²) in [6.45, 7) is 3.00. The molecule has 4 heterocycles. The Labute approximate surface area is 191 Å². The van der Waals surface area contributed by atoms with Crippen molar-refractivity contribution in [3.8, 4) is 5.75 Å². The molecule has 2 aromatic heterocycles. The molecular formula is C25H24N4O4. The van der Waals surface area contributed by atoms with E-state index in [1.54, 1.807) is 43.1 Å². The van der Waals surface area contributed by atoms with Gasteiger partial charge >= 0.3 is 0 Å². The number of hydrogen-bond donors (Lipinski definition) is 1. The molecule has 1 saturated heterocycles. The summed E-state index contributed by atoms with van der Waals surface area (Å²) in [6, 6.07) is 8.23. The van der Waals surface area contributed by atoms with Gasteiger partial charge < -0.3 is 19.3 Å². The number of pyridine rings is 1. The molecule has 2 aliphatic heterocycles. The van der Waals surface area contributed by atoms with Crippen molar-refractivity contribution in [1.29, 1.82) is 0 Å². The molecule has 0 spiro atoms. The van der Waals surface area contributed by atoms with Crippen LogP contribution in [-0.2, 0) is 22.6 Å². The molecular weight excluding hydrogens is 420 g/mol. The Morgan fingerprint density at radius 2 is 2.06 bits per heavy atom. The molecule has 1 N–H and O–H groups in total. The molecule has 2 aliphatic rings. The summed E-state index contributed by atoms with van der Waals surface area (Å²) < 4.78 is 7.67. The minimum absolute atomic E-state index is 0.0638. The number of imidazole rings is 1. The molecule has 8 nitrogen and oxygen atoms in total. The Hall–Kier alpha value is -3.94. The van der Waals surface area contributed by atoms with Crippen LogP contribution in [0.15, 0.2) is 67.0 Å². The molecule has 0 saturated carbocycles. The number of aromatic nitrogens is 3. The predicted molar refractivity (Wildman–Crippen MR) is 120 cm³/mol. The van der Waals surface area contributed by atoms with E-state index in [1.165, 1.54) is 4.90 Å². The maximum absolute atomic E-state index is 13.1. The number of rotatable bonds is 6. The summed E-state index contributed by atoms with van der Waals surface area (Å²) in [5.41, 5.74) is 2.23. The van der Waals surface area contributed by atoms with Gasteiger partial charge in [-0.2, -0.15) is 0 Å². The van der Waals surface area contributed by atoms with Crippen LogP contribution in [-0.4, -0.2) is 48.9 Å². The van der Waals surface area contributed by atoms with Gasteiger partial charge in [0, 0.05) is 49.9 Å². The van der Waals surface area contributed by atoms with Crippen molar-refractivity contribution in [2.24, 2.45) is 0 Å². The maximum Gasteiger partial charge on any atom is 0.295 e. The number of aliphatic hydroxyl groups is 1. The minimum atomic E-state index is -0.704. The number of benzene rings is 1. The Morgan fingerprint density at radius 1 is 1.18 bits per heavy atom. The SMILES string of the molecule is C[C@H]1Cc2cc(/C(O)=C3\C(=O)C(=O)N(CCCn4ccnc4)[C@H]3c3cccnc3)ccc2O1. The third-order valence-electron chi connectivity index (χ3n) is 6.08. The van der Waals surface area contributed by atoms with E-state index in [0.717, 1.165) is 17.7 Å². The lowest BCUT2D eigenvalue weighted by molar-refractivity contribution is -0.139. The van der Waals surface area contributed by atoms with Crippen LogP contribution in [0.25, 0.3) is 5.76 Å². The summed E-state index contributed by atoms with van der Waals surface area (Å²) in [5, 5.41) is 11.2. The molecule has 0 unspecified atom stereocenters. The van der Waals surface area contributed by atoms with Crippen LogP contribution in [0.5, 0.6) is 5.75 Å². The summed E-state index contributed by atoms with van der Waals surface area (Å²) in [6.07, 6.45) is 9.95. The second-order valence-electron chi connectivity index (χ2n) is 8.39. The lowest BCUT2D eigenvalue weighted by Gasteiger charge is -2.25. The first-order chi connectivity index (χ1) is 16.0. The molecule has 33 heavy (non-hydrogen) atoms. The number of ether oxygens (including phenoxy) is 1. The molecule has 1 fully saturated rings. The molecule has 3 aromatic rings. The number of aryl methyl sites for hydroxylation is 1. The monoisotopic (exact) mass is 444 g/mol. The first kappa shape index (κ1) is 20.9. The van der Waals surface area contributed by atoms with E-state index >= 15 is 0 Å². The molecule has 5 rings (SSSR count). The van der Waals surface area contributed by atoms with E-state index < -0.39 is 17.7 Å². The highest BCUT2D eigenvalue weighted by molar-refractivity contribution is 6.46. The van der Waals surface area contributed by atoms with Gasteiger partial charge in [0.15, 0.2) is 0 Å². The van der Waals surface area contributed by atoms with Crippen LogP contribution >= 0.6 is 0 Å². The third kappa shape index (κ3) is 3.88. The first-order valence-electron chi connectivity index (χ1n) is 11.0. The number of likely N-dealkylation sites (tertiary alicyclic amines) is 1. The van der Waals surface area contributed by atoms with Crippen molar-refractivity contribution in [3.63, 3.8) is 0 Å². The number of ketones is 1. The number of nitrogens with zero attached hydrogens (tertiary/aromatic N) is 4. The van der Waals surface area contributed by atoms with E-state index in [1.807, 2.05) is 29.8 Å². The fraction of sp³-hybridized carbons (Fsp3) is 0.280. The van der Waals surface area contributed by atoms with E-state index in [-0.39, 0.29) is 17.4 Å². The molecule has 1 aromatic carbocycles. The lowest BCUT2D eigenvalue weighted by atomic mass is 9.95. The Bertz CT molecular complexity index is 1220.